The van der Waals surface area contributed by atoms with E-state index >= 15 is 0 Å². The highest BCUT2D eigenvalue weighted by molar-refractivity contribution is 8.00. The summed E-state index contributed by atoms with van der Waals surface area (Å²) in [5, 5.41) is 9.03. The van der Waals surface area contributed by atoms with Crippen molar-refractivity contribution in [3.05, 3.63) is 0 Å². The number of urea groups is 1. The molecule has 3 amide bonds. The van der Waals surface area contributed by atoms with E-state index in [1.807, 2.05) is 11.8 Å². The number of carbonyl (C=O) groups is 2. The first-order valence-corrected chi connectivity index (χ1v) is 7.15. The normalized spacial score (nSPS) is 30.6. The molecule has 5 nitrogen and oxygen atoms in total. The van der Waals surface area contributed by atoms with Crippen molar-refractivity contribution in [2.45, 2.75) is 43.0 Å². The molecule has 0 aromatic rings. The Labute approximate surface area is 105 Å². The summed E-state index contributed by atoms with van der Waals surface area (Å²) in [7, 11) is 1.67. The van der Waals surface area contributed by atoms with Gasteiger partial charge in [-0.1, -0.05) is 6.42 Å². The molecule has 0 spiro atoms. The lowest BCUT2D eigenvalue weighted by Crippen LogP contribution is -2.36. The standard InChI is InChI=1S/C11H19N3O2S/c1-12-9(15)5-3-2-4-8-10-7(6-17-8)13-11(16)14-10/h7-8,10H,2-6H2,1H3,(H,12,15)(H2,13,14,16)/t7-,8+,10-/m1/s1. The Morgan fingerprint density at radius 2 is 2.29 bits per heavy atom. The van der Waals surface area contributed by atoms with E-state index in [4.69, 9.17) is 0 Å². The van der Waals surface area contributed by atoms with Gasteiger partial charge in [0.05, 0.1) is 12.1 Å². The molecule has 2 rings (SSSR count). The molecule has 2 saturated heterocycles. The van der Waals surface area contributed by atoms with Crippen molar-refractivity contribution >= 4 is 23.7 Å². The molecule has 3 atom stereocenters. The maximum absolute atomic E-state index is 11.2. The molecule has 0 aliphatic carbocycles. The summed E-state index contributed by atoms with van der Waals surface area (Å²) in [6.07, 6.45) is 3.65. The molecule has 17 heavy (non-hydrogen) atoms. The van der Waals surface area contributed by atoms with E-state index < -0.39 is 0 Å². The van der Waals surface area contributed by atoms with E-state index in [2.05, 4.69) is 16.0 Å². The number of hydrogen-bond donors (Lipinski definition) is 3. The third-order valence-corrected chi connectivity index (χ3v) is 4.87. The molecule has 2 fully saturated rings. The molecule has 96 valence electrons. The van der Waals surface area contributed by atoms with Crippen LogP contribution in [-0.4, -0.2) is 42.1 Å². The van der Waals surface area contributed by atoms with Gasteiger partial charge in [-0.15, -0.1) is 0 Å². The van der Waals surface area contributed by atoms with Crippen LogP contribution in [0.2, 0.25) is 0 Å². The topological polar surface area (TPSA) is 70.2 Å². The highest BCUT2D eigenvalue weighted by Crippen LogP contribution is 2.33. The summed E-state index contributed by atoms with van der Waals surface area (Å²) in [5.74, 6) is 1.11. The smallest absolute Gasteiger partial charge is 0.315 e. The molecule has 2 aliphatic rings. The van der Waals surface area contributed by atoms with Crippen molar-refractivity contribution < 1.29 is 9.59 Å². The molecule has 0 unspecified atom stereocenters. The SMILES string of the molecule is CNC(=O)CCCC[C@@H]1SC[C@H]2NC(=O)N[C@@H]12. The molecule has 2 heterocycles. The number of thioether (sulfide) groups is 1. The van der Waals surface area contributed by atoms with E-state index in [1.165, 1.54) is 0 Å². The Kier molecular flexibility index (Phi) is 4.15. The second kappa shape index (κ2) is 5.62. The molecular weight excluding hydrogens is 238 g/mol. The number of nitrogens with one attached hydrogen (secondary N) is 3. The van der Waals surface area contributed by atoms with E-state index in [0.717, 1.165) is 25.0 Å². The van der Waals surface area contributed by atoms with Gasteiger partial charge in [0.2, 0.25) is 5.91 Å². The Balaban J connectivity index is 1.66. The van der Waals surface area contributed by atoms with Crippen LogP contribution in [0.1, 0.15) is 25.7 Å². The largest absolute Gasteiger partial charge is 0.359 e. The number of unbranched alkanes of at least 4 members (excludes halogenated alkanes) is 1. The van der Waals surface area contributed by atoms with Gasteiger partial charge < -0.3 is 16.0 Å². The van der Waals surface area contributed by atoms with Crippen LogP contribution in [-0.2, 0) is 4.79 Å². The molecule has 0 saturated carbocycles. The molecule has 0 bridgehead atoms. The van der Waals surface area contributed by atoms with Crippen LogP contribution in [0.4, 0.5) is 4.79 Å². The van der Waals surface area contributed by atoms with Gasteiger partial charge in [-0.05, 0) is 12.8 Å². The van der Waals surface area contributed by atoms with E-state index in [-0.39, 0.29) is 18.0 Å². The minimum atomic E-state index is -0.0318. The fourth-order valence-corrected chi connectivity index (χ4v) is 3.94. The van der Waals surface area contributed by atoms with Crippen LogP contribution in [0, 0.1) is 0 Å². The van der Waals surface area contributed by atoms with Crippen molar-refractivity contribution in [1.82, 2.24) is 16.0 Å². The quantitative estimate of drug-likeness (QED) is 0.495. The second-order valence-electron chi connectivity index (χ2n) is 4.54. The zero-order valence-electron chi connectivity index (χ0n) is 9.99. The third kappa shape index (κ3) is 3.06. The molecule has 0 radical (unpaired) electrons. The average Bonchev–Trinajstić information content (AvgIpc) is 2.84. The van der Waals surface area contributed by atoms with Crippen LogP contribution in [0.3, 0.4) is 0 Å². The maximum atomic E-state index is 11.2. The predicted molar refractivity (Wildman–Crippen MR) is 68.0 cm³/mol. The van der Waals surface area contributed by atoms with Gasteiger partial charge in [-0.2, -0.15) is 11.8 Å². The lowest BCUT2D eigenvalue weighted by Gasteiger charge is -2.16. The average molecular weight is 257 g/mol. The molecule has 3 N–H and O–H groups in total. The van der Waals surface area contributed by atoms with Gasteiger partial charge in [0.15, 0.2) is 0 Å². The Hall–Kier alpha value is -0.910. The zero-order valence-corrected chi connectivity index (χ0v) is 10.8. The third-order valence-electron chi connectivity index (χ3n) is 3.36. The van der Waals surface area contributed by atoms with Crippen molar-refractivity contribution in [2.75, 3.05) is 12.8 Å². The fourth-order valence-electron chi connectivity index (χ4n) is 2.40. The predicted octanol–water partition coefficient (Wildman–Crippen LogP) is 0.458. The molecule has 0 aromatic heterocycles. The van der Waals surface area contributed by atoms with E-state index in [9.17, 15) is 9.59 Å². The summed E-state index contributed by atoms with van der Waals surface area (Å²) in [4.78, 5) is 22.2. The zero-order chi connectivity index (χ0) is 12.3. The van der Waals surface area contributed by atoms with E-state index in [0.29, 0.717) is 17.7 Å². The summed E-state index contributed by atoms with van der Waals surface area (Å²) in [6, 6.07) is 0.555. The Morgan fingerprint density at radius 1 is 1.47 bits per heavy atom. The summed E-state index contributed by atoms with van der Waals surface area (Å²) in [5.41, 5.74) is 0. The van der Waals surface area contributed by atoms with Gasteiger partial charge in [0.25, 0.3) is 0 Å². The highest BCUT2D eigenvalue weighted by Gasteiger charge is 2.42. The molecule has 0 aromatic carbocycles. The van der Waals surface area contributed by atoms with Crippen LogP contribution >= 0.6 is 11.8 Å². The minimum absolute atomic E-state index is 0.0318. The first-order chi connectivity index (χ1) is 8.20. The summed E-state index contributed by atoms with van der Waals surface area (Å²) >= 11 is 1.92. The van der Waals surface area contributed by atoms with Crippen molar-refractivity contribution in [2.24, 2.45) is 0 Å². The molecule has 2 aliphatic heterocycles. The van der Waals surface area contributed by atoms with Crippen molar-refractivity contribution in [3.63, 3.8) is 0 Å². The fraction of sp³-hybridized carbons (Fsp3) is 0.818. The Morgan fingerprint density at radius 3 is 3.06 bits per heavy atom. The maximum Gasteiger partial charge on any atom is 0.315 e. The summed E-state index contributed by atoms with van der Waals surface area (Å²) in [6.45, 7) is 0. The van der Waals surface area contributed by atoms with Crippen LogP contribution in [0.15, 0.2) is 0 Å². The minimum Gasteiger partial charge on any atom is -0.359 e. The van der Waals surface area contributed by atoms with Gasteiger partial charge in [0, 0.05) is 24.5 Å². The van der Waals surface area contributed by atoms with Gasteiger partial charge in [0.1, 0.15) is 0 Å². The van der Waals surface area contributed by atoms with Gasteiger partial charge in [-0.25, -0.2) is 4.79 Å². The van der Waals surface area contributed by atoms with Gasteiger partial charge in [-0.3, -0.25) is 4.79 Å². The lowest BCUT2D eigenvalue weighted by molar-refractivity contribution is -0.120. The van der Waals surface area contributed by atoms with Gasteiger partial charge >= 0.3 is 6.03 Å². The molecule has 6 heteroatoms. The van der Waals surface area contributed by atoms with Crippen LogP contribution in [0.25, 0.3) is 0 Å². The van der Waals surface area contributed by atoms with E-state index in [1.54, 1.807) is 7.05 Å². The monoisotopic (exact) mass is 257 g/mol. The molecular formula is C11H19N3O2S. The number of amides is 3. The number of carbonyl (C=O) groups excluding carboxylic acids is 2. The Bertz CT molecular complexity index is 311. The first kappa shape index (κ1) is 12.5. The van der Waals surface area contributed by atoms with Crippen molar-refractivity contribution in [3.8, 4) is 0 Å². The highest BCUT2D eigenvalue weighted by atomic mass is 32.2. The lowest BCUT2D eigenvalue weighted by atomic mass is 10.0. The van der Waals surface area contributed by atoms with Crippen molar-refractivity contribution in [1.29, 1.82) is 0 Å². The first-order valence-electron chi connectivity index (χ1n) is 6.10. The number of hydrogen-bond acceptors (Lipinski definition) is 3. The number of fused-ring (bicyclic) bond motifs is 1. The second-order valence-corrected chi connectivity index (χ2v) is 5.81. The van der Waals surface area contributed by atoms with Crippen LogP contribution in [0.5, 0.6) is 0 Å². The summed E-state index contributed by atoms with van der Waals surface area (Å²) < 4.78 is 0. The number of rotatable bonds is 5. The van der Waals surface area contributed by atoms with Crippen LogP contribution < -0.4 is 16.0 Å².